The Bertz CT molecular complexity index is 1370. The highest BCUT2D eigenvalue weighted by Crippen LogP contribution is 2.23. The van der Waals surface area contributed by atoms with Crippen LogP contribution in [0.4, 0.5) is 10.1 Å². The molecule has 0 aliphatic heterocycles. The number of benzene rings is 3. The van der Waals surface area contributed by atoms with Crippen molar-refractivity contribution in [2.75, 3.05) is 23.7 Å². The van der Waals surface area contributed by atoms with Crippen LogP contribution in [0.25, 0.3) is 0 Å². The summed E-state index contributed by atoms with van der Waals surface area (Å²) in [5.74, 6) is -1.16. The van der Waals surface area contributed by atoms with Gasteiger partial charge in [0.05, 0.1) is 11.9 Å². The summed E-state index contributed by atoms with van der Waals surface area (Å²) >= 11 is 3.35. The molecule has 0 spiro atoms. The topological polar surface area (TPSA) is 86.8 Å². The predicted molar refractivity (Wildman–Crippen MR) is 155 cm³/mol. The average Bonchev–Trinajstić information content (AvgIpc) is 2.88. The molecular formula is C29H33BrFN3O4S. The molecule has 0 unspecified atom stereocenters. The number of carbonyl (C=O) groups excluding carboxylic acids is 2. The fraction of sp³-hybridized carbons (Fsp3) is 0.310. The first-order chi connectivity index (χ1) is 18.4. The molecule has 0 saturated heterocycles. The Morgan fingerprint density at radius 3 is 2.21 bits per heavy atom. The maximum Gasteiger partial charge on any atom is 0.244 e. The van der Waals surface area contributed by atoms with Gasteiger partial charge in [-0.25, -0.2) is 12.8 Å². The minimum absolute atomic E-state index is 0.0121. The van der Waals surface area contributed by atoms with Crippen molar-refractivity contribution < 1.29 is 22.4 Å². The van der Waals surface area contributed by atoms with Crippen molar-refractivity contribution in [2.45, 2.75) is 32.9 Å². The molecule has 1 N–H and O–H groups in total. The van der Waals surface area contributed by atoms with Gasteiger partial charge in [0.2, 0.25) is 21.8 Å². The van der Waals surface area contributed by atoms with Gasteiger partial charge in [0, 0.05) is 24.0 Å². The summed E-state index contributed by atoms with van der Waals surface area (Å²) in [6.07, 6.45) is 1.25. The van der Waals surface area contributed by atoms with Crippen LogP contribution in [0.3, 0.4) is 0 Å². The third kappa shape index (κ3) is 9.18. The van der Waals surface area contributed by atoms with Crippen LogP contribution in [-0.4, -0.2) is 50.5 Å². The van der Waals surface area contributed by atoms with Crippen LogP contribution in [0.15, 0.2) is 83.3 Å². The van der Waals surface area contributed by atoms with E-state index < -0.39 is 34.3 Å². The second kappa shape index (κ2) is 13.7. The van der Waals surface area contributed by atoms with Crippen molar-refractivity contribution in [1.82, 2.24) is 10.2 Å². The molecule has 0 bridgehead atoms. The van der Waals surface area contributed by atoms with Crippen LogP contribution in [0.5, 0.6) is 0 Å². The summed E-state index contributed by atoms with van der Waals surface area (Å²) in [4.78, 5) is 28.9. The van der Waals surface area contributed by atoms with Crippen LogP contribution < -0.4 is 9.62 Å². The third-order valence-electron chi connectivity index (χ3n) is 6.00. The number of anilines is 1. The largest absolute Gasteiger partial charge is 0.354 e. The van der Waals surface area contributed by atoms with Gasteiger partial charge >= 0.3 is 0 Å². The van der Waals surface area contributed by atoms with E-state index in [0.29, 0.717) is 22.3 Å². The Hall–Kier alpha value is -3.24. The summed E-state index contributed by atoms with van der Waals surface area (Å²) in [5.41, 5.74) is 1.75. The Morgan fingerprint density at radius 2 is 1.62 bits per heavy atom. The van der Waals surface area contributed by atoms with E-state index in [1.54, 1.807) is 36.4 Å². The van der Waals surface area contributed by atoms with Crippen molar-refractivity contribution in [2.24, 2.45) is 5.92 Å². The molecule has 3 rings (SSSR count). The zero-order chi connectivity index (χ0) is 28.6. The smallest absolute Gasteiger partial charge is 0.244 e. The molecule has 2 amide bonds. The van der Waals surface area contributed by atoms with Crippen LogP contribution >= 0.6 is 15.9 Å². The van der Waals surface area contributed by atoms with E-state index in [4.69, 9.17) is 0 Å². The molecule has 0 aliphatic carbocycles. The number of nitrogens with one attached hydrogen (secondary N) is 1. The van der Waals surface area contributed by atoms with E-state index in [2.05, 4.69) is 21.2 Å². The maximum atomic E-state index is 14.0. The van der Waals surface area contributed by atoms with Crippen LogP contribution in [0.2, 0.25) is 0 Å². The van der Waals surface area contributed by atoms with Gasteiger partial charge in [-0.05, 0) is 47.4 Å². The summed E-state index contributed by atoms with van der Waals surface area (Å²) < 4.78 is 40.9. The number of carbonyl (C=O) groups is 2. The third-order valence-corrected chi connectivity index (χ3v) is 7.63. The second-order valence-corrected chi connectivity index (χ2v) is 12.6. The minimum Gasteiger partial charge on any atom is -0.354 e. The highest BCUT2D eigenvalue weighted by atomic mass is 79.9. The quantitative estimate of drug-likeness (QED) is 0.317. The Kier molecular flexibility index (Phi) is 10.7. The average molecular weight is 619 g/mol. The van der Waals surface area contributed by atoms with E-state index in [1.165, 1.54) is 17.0 Å². The highest BCUT2D eigenvalue weighted by Gasteiger charge is 2.33. The molecule has 0 aromatic heterocycles. The second-order valence-electron chi connectivity index (χ2n) is 9.74. The molecular weight excluding hydrogens is 585 g/mol. The van der Waals surface area contributed by atoms with Gasteiger partial charge in [0.15, 0.2) is 0 Å². The Labute approximate surface area is 238 Å². The van der Waals surface area contributed by atoms with Gasteiger partial charge < -0.3 is 10.2 Å². The Balaban J connectivity index is 2.04. The molecule has 3 aromatic carbocycles. The molecule has 0 fully saturated rings. The van der Waals surface area contributed by atoms with E-state index in [9.17, 15) is 22.4 Å². The lowest BCUT2D eigenvalue weighted by atomic mass is 10.0. The number of rotatable bonds is 12. The maximum absolute atomic E-state index is 14.0. The molecule has 0 saturated carbocycles. The lowest BCUT2D eigenvalue weighted by Gasteiger charge is -2.33. The summed E-state index contributed by atoms with van der Waals surface area (Å²) in [7, 11) is -3.85. The molecule has 0 aliphatic rings. The zero-order valence-electron chi connectivity index (χ0n) is 22.2. The number of hydrogen-bond donors (Lipinski definition) is 1. The van der Waals surface area contributed by atoms with Gasteiger partial charge in [0.25, 0.3) is 0 Å². The van der Waals surface area contributed by atoms with Crippen molar-refractivity contribution in [3.05, 3.63) is 100 Å². The number of sulfonamides is 1. The first kappa shape index (κ1) is 30.3. The van der Waals surface area contributed by atoms with E-state index in [-0.39, 0.29) is 24.8 Å². The van der Waals surface area contributed by atoms with Gasteiger partial charge in [-0.2, -0.15) is 0 Å². The minimum atomic E-state index is -3.85. The summed E-state index contributed by atoms with van der Waals surface area (Å²) in [6.45, 7) is 3.82. The number of hydrogen-bond acceptors (Lipinski definition) is 4. The lowest BCUT2D eigenvalue weighted by Crippen LogP contribution is -2.53. The molecule has 39 heavy (non-hydrogen) atoms. The standard InChI is InChI=1S/C29H33BrFN3O4S/c1-21(2)18-32-29(36)27(16-22-8-5-4-6-9-22)33(19-23-12-14-25(31)15-13-23)28(35)20-34(39(3,37)38)26-11-7-10-24(30)17-26/h4-15,17,21,27H,16,18-20H2,1-3H3,(H,32,36)/t27-/m1/s1. The normalized spacial score (nSPS) is 12.2. The lowest BCUT2D eigenvalue weighted by molar-refractivity contribution is -0.140. The van der Waals surface area contributed by atoms with Crippen LogP contribution in [-0.2, 0) is 32.6 Å². The van der Waals surface area contributed by atoms with Gasteiger partial charge in [-0.3, -0.25) is 13.9 Å². The van der Waals surface area contributed by atoms with E-state index >= 15 is 0 Å². The fourth-order valence-electron chi connectivity index (χ4n) is 4.01. The molecule has 1 atom stereocenters. The molecule has 0 heterocycles. The fourth-order valence-corrected chi connectivity index (χ4v) is 5.24. The van der Waals surface area contributed by atoms with Crippen molar-refractivity contribution in [3.63, 3.8) is 0 Å². The van der Waals surface area contributed by atoms with Gasteiger partial charge in [-0.15, -0.1) is 0 Å². The van der Waals surface area contributed by atoms with Crippen LogP contribution in [0, 0.1) is 11.7 Å². The first-order valence-corrected chi connectivity index (χ1v) is 15.2. The summed E-state index contributed by atoms with van der Waals surface area (Å²) in [5, 5.41) is 2.92. The van der Waals surface area contributed by atoms with Crippen molar-refractivity contribution >= 4 is 43.5 Å². The van der Waals surface area contributed by atoms with Gasteiger partial charge in [0.1, 0.15) is 18.4 Å². The van der Waals surface area contributed by atoms with Crippen LogP contribution in [0.1, 0.15) is 25.0 Å². The molecule has 0 radical (unpaired) electrons. The number of amides is 2. The monoisotopic (exact) mass is 617 g/mol. The van der Waals surface area contributed by atoms with Crippen molar-refractivity contribution in [3.8, 4) is 0 Å². The van der Waals surface area contributed by atoms with Gasteiger partial charge in [-0.1, -0.05) is 78.3 Å². The van der Waals surface area contributed by atoms with E-state index in [1.807, 2.05) is 44.2 Å². The number of halogens is 2. The molecule has 7 nitrogen and oxygen atoms in total. The predicted octanol–water partition coefficient (Wildman–Crippen LogP) is 4.77. The zero-order valence-corrected chi connectivity index (χ0v) is 24.6. The van der Waals surface area contributed by atoms with Crippen molar-refractivity contribution in [1.29, 1.82) is 0 Å². The Morgan fingerprint density at radius 1 is 0.949 bits per heavy atom. The highest BCUT2D eigenvalue weighted by molar-refractivity contribution is 9.10. The number of nitrogens with zero attached hydrogens (tertiary/aromatic N) is 2. The molecule has 3 aromatic rings. The first-order valence-electron chi connectivity index (χ1n) is 12.5. The molecule has 208 valence electrons. The molecule has 10 heteroatoms. The van der Waals surface area contributed by atoms with E-state index in [0.717, 1.165) is 16.1 Å². The SMILES string of the molecule is CC(C)CNC(=O)[C@@H](Cc1ccccc1)N(Cc1ccc(F)cc1)C(=O)CN(c1cccc(Br)c1)S(C)(=O)=O. The summed E-state index contributed by atoms with van der Waals surface area (Å²) in [6, 6.07) is 20.7.